The Hall–Kier alpha value is -1.85. The number of alkyl halides is 3. The van der Waals surface area contributed by atoms with Gasteiger partial charge in [-0.15, -0.1) is 13.2 Å². The van der Waals surface area contributed by atoms with E-state index < -0.39 is 22.1 Å². The van der Waals surface area contributed by atoms with Gasteiger partial charge < -0.3 is 9.64 Å². The van der Waals surface area contributed by atoms with Gasteiger partial charge in [0.05, 0.1) is 4.90 Å². The third kappa shape index (κ3) is 6.39. The fourth-order valence-corrected chi connectivity index (χ4v) is 5.99. The van der Waals surface area contributed by atoms with Gasteiger partial charge >= 0.3 is 6.36 Å². The Bertz CT molecular complexity index is 906. The van der Waals surface area contributed by atoms with Gasteiger partial charge in [0.15, 0.2) is 0 Å². The normalized spacial score (nSPS) is 23.2. The largest absolute Gasteiger partial charge is 0.573 e. The number of carbonyl (C=O) groups is 1. The van der Waals surface area contributed by atoms with E-state index in [0.29, 0.717) is 31.7 Å². The Labute approximate surface area is 193 Å². The van der Waals surface area contributed by atoms with Gasteiger partial charge in [0.25, 0.3) is 0 Å². The van der Waals surface area contributed by atoms with Crippen LogP contribution in [-0.2, 0) is 14.8 Å². The van der Waals surface area contributed by atoms with Gasteiger partial charge in [-0.3, -0.25) is 9.69 Å². The molecule has 2 aliphatic rings. The van der Waals surface area contributed by atoms with Crippen molar-refractivity contribution in [2.24, 2.45) is 5.92 Å². The van der Waals surface area contributed by atoms with Crippen LogP contribution in [0.5, 0.6) is 5.75 Å². The predicted molar refractivity (Wildman–Crippen MR) is 117 cm³/mol. The van der Waals surface area contributed by atoms with Crippen molar-refractivity contribution in [3.63, 3.8) is 0 Å². The van der Waals surface area contributed by atoms with Gasteiger partial charge in [-0.05, 0) is 63.8 Å². The van der Waals surface area contributed by atoms with Crippen molar-refractivity contribution in [1.29, 1.82) is 0 Å². The quantitative estimate of drug-likeness (QED) is 0.611. The number of carbonyl (C=O) groups excluding carboxylic acids is 1. The van der Waals surface area contributed by atoms with E-state index in [1.54, 1.807) is 0 Å². The number of hydrogen-bond donors (Lipinski definition) is 0. The van der Waals surface area contributed by atoms with Crippen LogP contribution in [0.3, 0.4) is 0 Å². The minimum Gasteiger partial charge on any atom is -0.406 e. The lowest BCUT2D eigenvalue weighted by Gasteiger charge is -2.40. The summed E-state index contributed by atoms with van der Waals surface area (Å²) in [5.74, 6) is -0.415. The highest BCUT2D eigenvalue weighted by Crippen LogP contribution is 2.32. The maximum Gasteiger partial charge on any atom is 0.573 e. The summed E-state index contributed by atoms with van der Waals surface area (Å²) >= 11 is 0. The molecule has 3 rings (SSSR count). The van der Waals surface area contributed by atoms with Crippen LogP contribution in [-0.4, -0.2) is 80.1 Å². The third-order valence-corrected chi connectivity index (χ3v) is 8.57. The van der Waals surface area contributed by atoms with Gasteiger partial charge in [0.1, 0.15) is 5.75 Å². The Morgan fingerprint density at radius 1 is 1.03 bits per heavy atom. The number of halogens is 3. The molecule has 7 nitrogen and oxygen atoms in total. The van der Waals surface area contributed by atoms with Crippen molar-refractivity contribution in [2.45, 2.75) is 62.9 Å². The first-order chi connectivity index (χ1) is 15.4. The SMILES string of the molecule is CC(C)N1CCN(C(=O)[C@H]2CC[C@H](N(C)S(=O)(=O)c3ccc(OC(F)(F)F)cc3)CC2)CC1. The summed E-state index contributed by atoms with van der Waals surface area (Å²) < 4.78 is 68.0. The number of sulfonamides is 1. The van der Waals surface area contributed by atoms with Crippen LogP contribution in [0.15, 0.2) is 29.2 Å². The molecule has 186 valence electrons. The summed E-state index contributed by atoms with van der Waals surface area (Å²) in [7, 11) is -2.40. The third-order valence-electron chi connectivity index (χ3n) is 6.65. The van der Waals surface area contributed by atoms with Crippen LogP contribution >= 0.6 is 0 Å². The van der Waals surface area contributed by atoms with E-state index in [0.717, 1.165) is 50.4 Å². The zero-order chi connectivity index (χ0) is 24.4. The maximum absolute atomic E-state index is 13.0. The fraction of sp³-hybridized carbons (Fsp3) is 0.682. The zero-order valence-electron chi connectivity index (χ0n) is 19.2. The number of piperazine rings is 1. The number of rotatable bonds is 6. The number of hydrogen-bond acceptors (Lipinski definition) is 5. The maximum atomic E-state index is 13.0. The second kappa shape index (κ2) is 10.2. The highest BCUT2D eigenvalue weighted by Gasteiger charge is 2.36. The molecule has 2 fully saturated rings. The highest BCUT2D eigenvalue weighted by atomic mass is 32.2. The molecule has 0 aromatic heterocycles. The molecule has 1 aromatic carbocycles. The van der Waals surface area contributed by atoms with E-state index in [9.17, 15) is 26.4 Å². The van der Waals surface area contributed by atoms with Gasteiger partial charge in [-0.1, -0.05) is 0 Å². The molecule has 1 heterocycles. The summed E-state index contributed by atoms with van der Waals surface area (Å²) in [4.78, 5) is 17.1. The van der Waals surface area contributed by atoms with Gasteiger partial charge in [0.2, 0.25) is 15.9 Å². The van der Waals surface area contributed by atoms with Crippen molar-refractivity contribution in [1.82, 2.24) is 14.1 Å². The Kier molecular flexibility index (Phi) is 7.95. The number of nitrogens with zero attached hydrogens (tertiary/aromatic N) is 3. The summed E-state index contributed by atoms with van der Waals surface area (Å²) in [5, 5.41) is 0. The minimum absolute atomic E-state index is 0.0956. The molecule has 0 atom stereocenters. The highest BCUT2D eigenvalue weighted by molar-refractivity contribution is 7.89. The summed E-state index contributed by atoms with van der Waals surface area (Å²) in [6.45, 7) is 7.47. The van der Waals surface area contributed by atoms with Crippen molar-refractivity contribution in [2.75, 3.05) is 33.2 Å². The zero-order valence-corrected chi connectivity index (χ0v) is 20.0. The van der Waals surface area contributed by atoms with Gasteiger partial charge in [-0.25, -0.2) is 8.42 Å². The summed E-state index contributed by atoms with van der Waals surface area (Å²) in [5.41, 5.74) is 0. The number of benzene rings is 1. The Balaban J connectivity index is 1.55. The van der Waals surface area contributed by atoms with E-state index in [2.05, 4.69) is 23.5 Å². The molecule has 11 heteroatoms. The van der Waals surface area contributed by atoms with Gasteiger partial charge in [0, 0.05) is 51.2 Å². The molecule has 0 N–H and O–H groups in total. The van der Waals surface area contributed by atoms with E-state index in [1.165, 1.54) is 11.4 Å². The molecule has 1 aliphatic carbocycles. The summed E-state index contributed by atoms with van der Waals surface area (Å²) in [6, 6.07) is 4.40. The van der Waals surface area contributed by atoms with Crippen LogP contribution in [0.25, 0.3) is 0 Å². The molecule has 1 saturated heterocycles. The first kappa shape index (κ1) is 25.8. The lowest BCUT2D eigenvalue weighted by Crippen LogP contribution is -2.52. The monoisotopic (exact) mass is 491 g/mol. The molecule has 1 saturated carbocycles. The van der Waals surface area contributed by atoms with E-state index >= 15 is 0 Å². The molecule has 0 bridgehead atoms. The second-order valence-electron chi connectivity index (χ2n) is 9.00. The standard InChI is InChI=1S/C22H32F3N3O4S/c1-16(2)27-12-14-28(15-13-27)21(29)17-4-6-18(7-5-17)26(3)33(30,31)20-10-8-19(9-11-20)32-22(23,24)25/h8-11,16-18H,4-7,12-15H2,1-3H3/t17-,18-. The van der Waals surface area contributed by atoms with Crippen LogP contribution in [0.4, 0.5) is 13.2 Å². The minimum atomic E-state index is -4.84. The van der Waals surface area contributed by atoms with Crippen LogP contribution in [0.2, 0.25) is 0 Å². The van der Waals surface area contributed by atoms with Crippen LogP contribution in [0.1, 0.15) is 39.5 Å². The second-order valence-corrected chi connectivity index (χ2v) is 11.0. The average molecular weight is 492 g/mol. The van der Waals surface area contributed by atoms with Crippen molar-refractivity contribution in [3.8, 4) is 5.75 Å². The van der Waals surface area contributed by atoms with Crippen molar-refractivity contribution in [3.05, 3.63) is 24.3 Å². The molecule has 33 heavy (non-hydrogen) atoms. The van der Waals surface area contributed by atoms with Crippen molar-refractivity contribution >= 4 is 15.9 Å². The molecule has 0 unspecified atom stereocenters. The van der Waals surface area contributed by atoms with Gasteiger partial charge in [-0.2, -0.15) is 4.31 Å². The smallest absolute Gasteiger partial charge is 0.406 e. The Morgan fingerprint density at radius 3 is 2.06 bits per heavy atom. The van der Waals surface area contributed by atoms with Crippen molar-refractivity contribution < 1.29 is 31.1 Å². The van der Waals surface area contributed by atoms with E-state index in [-0.39, 0.29) is 22.8 Å². The molecule has 0 radical (unpaired) electrons. The topological polar surface area (TPSA) is 70.2 Å². The lowest BCUT2D eigenvalue weighted by molar-refractivity contribution is -0.274. The summed E-state index contributed by atoms with van der Waals surface area (Å²) in [6.07, 6.45) is -2.48. The molecule has 1 amide bonds. The van der Waals surface area contributed by atoms with E-state index in [1.807, 2.05) is 4.90 Å². The first-order valence-electron chi connectivity index (χ1n) is 11.2. The molecule has 1 aliphatic heterocycles. The molecular weight excluding hydrogens is 459 g/mol. The first-order valence-corrected chi connectivity index (χ1v) is 12.7. The average Bonchev–Trinajstić information content (AvgIpc) is 2.77. The molecule has 1 aromatic rings. The van der Waals surface area contributed by atoms with Crippen LogP contribution in [0, 0.1) is 5.92 Å². The predicted octanol–water partition coefficient (Wildman–Crippen LogP) is 3.32. The van der Waals surface area contributed by atoms with Crippen LogP contribution < -0.4 is 4.74 Å². The number of ether oxygens (including phenoxy) is 1. The fourth-order valence-electron chi connectivity index (χ4n) is 4.58. The lowest BCUT2D eigenvalue weighted by atomic mass is 9.85. The molecule has 0 spiro atoms. The number of amides is 1. The van der Waals surface area contributed by atoms with E-state index in [4.69, 9.17) is 0 Å². The molecular formula is C22H32F3N3O4S. The Morgan fingerprint density at radius 2 is 1.58 bits per heavy atom.